The number of carbonyl (C=O) groups excluding carboxylic acids is 2. The molecule has 0 atom stereocenters. The van der Waals surface area contributed by atoms with E-state index in [2.05, 4.69) is 39.5 Å². The van der Waals surface area contributed by atoms with Crippen LogP contribution in [0, 0.1) is 11.3 Å². The molecule has 0 amide bonds. The number of carbonyl (C=O) groups is 2. The molecule has 0 aromatic heterocycles. The predicted molar refractivity (Wildman–Crippen MR) is 246 cm³/mol. The van der Waals surface area contributed by atoms with Gasteiger partial charge in [0.05, 0.1) is 13.2 Å². The van der Waals surface area contributed by atoms with E-state index >= 15 is 0 Å². The first-order valence-corrected chi connectivity index (χ1v) is 25.4. The van der Waals surface area contributed by atoms with Crippen LogP contribution in [0.4, 0.5) is 0 Å². The molecule has 0 radical (unpaired) electrons. The Morgan fingerprint density at radius 2 is 0.860 bits per heavy atom. The van der Waals surface area contributed by atoms with Crippen molar-refractivity contribution in [3.8, 4) is 0 Å². The van der Waals surface area contributed by atoms with Gasteiger partial charge in [-0.2, -0.15) is 0 Å². The van der Waals surface area contributed by atoms with E-state index in [-0.39, 0.29) is 24.0 Å². The Bertz CT molecular complexity index is 829. The molecule has 0 aromatic rings. The van der Waals surface area contributed by atoms with Crippen molar-refractivity contribution in [3.05, 3.63) is 0 Å². The van der Waals surface area contributed by atoms with Gasteiger partial charge in [0, 0.05) is 19.4 Å². The second kappa shape index (κ2) is 43.0. The lowest BCUT2D eigenvalue weighted by Crippen LogP contribution is -2.28. The van der Waals surface area contributed by atoms with Crippen molar-refractivity contribution in [2.45, 2.75) is 266 Å². The molecule has 0 saturated carbocycles. The van der Waals surface area contributed by atoms with E-state index < -0.39 is 0 Å². The van der Waals surface area contributed by atoms with Gasteiger partial charge in [-0.15, -0.1) is 0 Å². The largest absolute Gasteiger partial charge is 0.466 e. The highest BCUT2D eigenvalue weighted by Gasteiger charge is 2.18. The van der Waals surface area contributed by atoms with Crippen molar-refractivity contribution in [1.29, 1.82) is 0 Å². The molecule has 0 unspecified atom stereocenters. The van der Waals surface area contributed by atoms with Crippen LogP contribution in [-0.4, -0.2) is 61.4 Å². The number of nitrogens with zero attached hydrogens (tertiary/aromatic N) is 1. The molecule has 0 rings (SSSR count). The summed E-state index contributed by atoms with van der Waals surface area (Å²) in [5.41, 5.74) is 0.233. The van der Waals surface area contributed by atoms with Crippen LogP contribution in [-0.2, 0) is 19.1 Å². The second-order valence-electron chi connectivity index (χ2n) is 18.6. The van der Waals surface area contributed by atoms with E-state index in [4.69, 9.17) is 9.47 Å². The number of hydrogen-bond donors (Lipinski definition) is 1. The van der Waals surface area contributed by atoms with Crippen LogP contribution in [0.3, 0.4) is 0 Å². The number of esters is 2. The molecule has 0 aliphatic rings. The van der Waals surface area contributed by atoms with E-state index in [1.807, 2.05) is 0 Å². The summed E-state index contributed by atoms with van der Waals surface area (Å²) in [5.74, 6) is 0.509. The number of aliphatic hydroxyl groups is 1. The second-order valence-corrected chi connectivity index (χ2v) is 18.6. The van der Waals surface area contributed by atoms with Crippen LogP contribution in [0.25, 0.3) is 0 Å². The summed E-state index contributed by atoms with van der Waals surface area (Å²) >= 11 is 0. The molecule has 1 N–H and O–H groups in total. The van der Waals surface area contributed by atoms with Gasteiger partial charge in [0.2, 0.25) is 0 Å². The van der Waals surface area contributed by atoms with Gasteiger partial charge in [-0.1, -0.05) is 182 Å². The van der Waals surface area contributed by atoms with Gasteiger partial charge in [0.15, 0.2) is 0 Å². The first-order valence-electron chi connectivity index (χ1n) is 25.4. The number of hydrogen-bond acceptors (Lipinski definition) is 6. The molecule has 57 heavy (non-hydrogen) atoms. The fraction of sp³-hybridized carbons (Fsp3) is 0.961. The van der Waals surface area contributed by atoms with Gasteiger partial charge in [-0.25, -0.2) is 0 Å². The molecular formula is C51H101NO5. The Hall–Kier alpha value is -1.14. The maximum absolute atomic E-state index is 12.7. The van der Waals surface area contributed by atoms with E-state index in [9.17, 15) is 14.7 Å². The third-order valence-corrected chi connectivity index (χ3v) is 12.2. The van der Waals surface area contributed by atoms with Gasteiger partial charge in [0.1, 0.15) is 0 Å². The van der Waals surface area contributed by atoms with Crippen LogP contribution < -0.4 is 0 Å². The predicted octanol–water partition coefficient (Wildman–Crippen LogP) is 15.1. The van der Waals surface area contributed by atoms with E-state index in [1.165, 1.54) is 141 Å². The summed E-state index contributed by atoms with van der Waals surface area (Å²) in [7, 11) is 0. The van der Waals surface area contributed by atoms with Crippen molar-refractivity contribution < 1.29 is 24.2 Å². The summed E-state index contributed by atoms with van der Waals surface area (Å²) in [6.45, 7) is 16.2. The Labute approximate surface area is 356 Å². The van der Waals surface area contributed by atoms with Crippen LogP contribution in [0.2, 0.25) is 0 Å². The molecule has 0 fully saturated rings. The summed E-state index contributed by atoms with van der Waals surface area (Å²) in [5, 5.41) is 9.36. The number of unbranched alkanes of at least 4 members (excludes halogenated alkanes) is 23. The summed E-state index contributed by atoms with van der Waals surface area (Å²) < 4.78 is 11.4. The molecule has 0 spiro atoms. The molecule has 6 heteroatoms. The smallest absolute Gasteiger partial charge is 0.305 e. The number of ether oxygens (including phenoxy) is 2. The molecule has 0 aliphatic carbocycles. The van der Waals surface area contributed by atoms with Crippen molar-refractivity contribution >= 4 is 11.9 Å². The lowest BCUT2D eigenvalue weighted by molar-refractivity contribution is -0.145. The third-order valence-electron chi connectivity index (χ3n) is 12.2. The van der Waals surface area contributed by atoms with Crippen molar-refractivity contribution in [1.82, 2.24) is 4.90 Å². The minimum Gasteiger partial charge on any atom is -0.466 e. The van der Waals surface area contributed by atoms with Gasteiger partial charge < -0.3 is 19.5 Å². The average Bonchev–Trinajstić information content (AvgIpc) is 3.19. The maximum Gasteiger partial charge on any atom is 0.305 e. The van der Waals surface area contributed by atoms with Crippen LogP contribution in [0.1, 0.15) is 266 Å². The number of aliphatic hydroxyl groups excluding tert-OH is 1. The van der Waals surface area contributed by atoms with Crippen molar-refractivity contribution in [3.63, 3.8) is 0 Å². The standard InChI is InChI=1S/C51H101NO5/c1-6-9-12-15-18-21-24-29-38-49(54)56-46-35-41-51(4,5)40-34-44-52(43-32-33-45-53)42-31-26-25-30-39-50(55)57-47-48(36-27-22-19-16-13-10-7-2)37-28-23-20-17-14-11-8-3/h48,53H,6-47H2,1-5H3. The summed E-state index contributed by atoms with van der Waals surface area (Å²) in [4.78, 5) is 27.5. The van der Waals surface area contributed by atoms with Crippen molar-refractivity contribution in [2.24, 2.45) is 11.3 Å². The topological polar surface area (TPSA) is 76.1 Å². The zero-order valence-electron chi connectivity index (χ0n) is 39.3. The van der Waals surface area contributed by atoms with Gasteiger partial charge in [0.25, 0.3) is 0 Å². The summed E-state index contributed by atoms with van der Waals surface area (Å²) in [6, 6.07) is 0. The highest BCUT2D eigenvalue weighted by atomic mass is 16.5. The van der Waals surface area contributed by atoms with Gasteiger partial charge >= 0.3 is 11.9 Å². The Kier molecular flexibility index (Phi) is 42.1. The molecule has 340 valence electrons. The molecule has 6 nitrogen and oxygen atoms in total. The molecule has 0 aliphatic heterocycles. The Balaban J connectivity index is 4.32. The highest BCUT2D eigenvalue weighted by molar-refractivity contribution is 5.69. The van der Waals surface area contributed by atoms with Crippen LogP contribution in [0.5, 0.6) is 0 Å². The van der Waals surface area contributed by atoms with Crippen LogP contribution in [0.15, 0.2) is 0 Å². The molecule has 0 bridgehead atoms. The fourth-order valence-corrected chi connectivity index (χ4v) is 8.23. The van der Waals surface area contributed by atoms with E-state index in [0.717, 1.165) is 96.7 Å². The average molecular weight is 808 g/mol. The SMILES string of the molecule is CCCCCCCCCCC(=O)OCCCC(C)(C)CCCN(CCCCO)CCCCCCC(=O)OCC(CCCCCCCCC)CCCCCCCCC. The van der Waals surface area contributed by atoms with E-state index in [0.29, 0.717) is 32.0 Å². The van der Waals surface area contributed by atoms with Gasteiger partial charge in [-0.3, -0.25) is 9.59 Å². The molecule has 0 aromatic carbocycles. The minimum atomic E-state index is -0.0240. The monoisotopic (exact) mass is 808 g/mol. The molecule has 0 saturated heterocycles. The maximum atomic E-state index is 12.7. The number of rotatable bonds is 46. The normalized spacial score (nSPS) is 11.9. The first kappa shape index (κ1) is 55.9. The third kappa shape index (κ3) is 41.4. The lowest BCUT2D eigenvalue weighted by atomic mass is 9.83. The Morgan fingerprint density at radius 3 is 1.35 bits per heavy atom. The quantitative estimate of drug-likeness (QED) is 0.0488. The summed E-state index contributed by atoms with van der Waals surface area (Å²) in [6.07, 6.45) is 42.7. The lowest BCUT2D eigenvalue weighted by Gasteiger charge is -2.27. The van der Waals surface area contributed by atoms with E-state index in [1.54, 1.807) is 0 Å². The first-order chi connectivity index (χ1) is 27.8. The zero-order valence-corrected chi connectivity index (χ0v) is 39.3. The molecular weight excluding hydrogens is 707 g/mol. The van der Waals surface area contributed by atoms with Gasteiger partial charge in [-0.05, 0) is 102 Å². The van der Waals surface area contributed by atoms with Crippen LogP contribution >= 0.6 is 0 Å². The van der Waals surface area contributed by atoms with Crippen molar-refractivity contribution in [2.75, 3.05) is 39.5 Å². The zero-order chi connectivity index (χ0) is 41.9. The molecule has 0 heterocycles. The minimum absolute atomic E-state index is 0.00402. The fourth-order valence-electron chi connectivity index (χ4n) is 8.23. The highest BCUT2D eigenvalue weighted by Crippen LogP contribution is 2.29. The Morgan fingerprint density at radius 1 is 0.474 bits per heavy atom.